The Balaban J connectivity index is 1.53. The van der Waals surface area contributed by atoms with Crippen molar-refractivity contribution in [2.75, 3.05) is 44.4 Å². The van der Waals surface area contributed by atoms with Crippen molar-refractivity contribution in [2.24, 2.45) is 0 Å². The molecule has 0 atom stereocenters. The second-order valence-corrected chi connectivity index (χ2v) is 6.39. The first kappa shape index (κ1) is 17.1. The molecule has 7 heteroatoms. The zero-order valence-electron chi connectivity index (χ0n) is 14.0. The number of hydrogen-bond acceptors (Lipinski definition) is 6. The summed E-state index contributed by atoms with van der Waals surface area (Å²) in [7, 11) is 0. The van der Waals surface area contributed by atoms with Crippen LogP contribution in [0.15, 0.2) is 18.3 Å². The van der Waals surface area contributed by atoms with Crippen LogP contribution in [0.3, 0.4) is 0 Å². The van der Waals surface area contributed by atoms with Crippen molar-refractivity contribution in [3.63, 3.8) is 0 Å². The standard InChI is InChI=1S/C17H25N3O4/c1-2-24-14-10-17(22,11-14)12-19-16(21)15-9-13(3-4-18-15)20-5-7-23-8-6-20/h3-4,9,14,22H,2,5-8,10-12H2,1H3,(H,19,21). The largest absolute Gasteiger partial charge is 0.388 e. The number of anilines is 1. The Labute approximate surface area is 142 Å². The molecule has 1 aromatic rings. The van der Waals surface area contributed by atoms with E-state index in [0.717, 1.165) is 18.8 Å². The molecular formula is C17H25N3O4. The normalized spacial score (nSPS) is 26.8. The van der Waals surface area contributed by atoms with Crippen LogP contribution in [-0.2, 0) is 9.47 Å². The number of morpholine rings is 1. The van der Waals surface area contributed by atoms with E-state index in [1.54, 1.807) is 12.3 Å². The highest BCUT2D eigenvalue weighted by atomic mass is 16.5. The predicted molar refractivity (Wildman–Crippen MR) is 89.2 cm³/mol. The van der Waals surface area contributed by atoms with Gasteiger partial charge in [-0.05, 0) is 19.1 Å². The van der Waals surface area contributed by atoms with Gasteiger partial charge in [0.15, 0.2) is 0 Å². The Kier molecular flexibility index (Phi) is 5.33. The molecule has 24 heavy (non-hydrogen) atoms. The molecule has 1 aromatic heterocycles. The monoisotopic (exact) mass is 335 g/mol. The van der Waals surface area contributed by atoms with Gasteiger partial charge in [-0.1, -0.05) is 0 Å². The Bertz CT molecular complexity index is 569. The van der Waals surface area contributed by atoms with Crippen molar-refractivity contribution < 1.29 is 19.4 Å². The molecule has 0 bridgehead atoms. The fourth-order valence-electron chi connectivity index (χ4n) is 3.18. The van der Waals surface area contributed by atoms with Gasteiger partial charge in [0.25, 0.3) is 5.91 Å². The van der Waals surface area contributed by atoms with Gasteiger partial charge in [-0.3, -0.25) is 9.78 Å². The minimum absolute atomic E-state index is 0.0969. The van der Waals surface area contributed by atoms with E-state index >= 15 is 0 Å². The molecule has 1 aliphatic carbocycles. The molecule has 2 aliphatic rings. The lowest BCUT2D eigenvalue weighted by Crippen LogP contribution is -2.55. The van der Waals surface area contributed by atoms with Crippen molar-refractivity contribution in [1.82, 2.24) is 10.3 Å². The molecule has 1 aliphatic heterocycles. The van der Waals surface area contributed by atoms with Gasteiger partial charge in [0, 0.05) is 51.0 Å². The minimum Gasteiger partial charge on any atom is -0.388 e. The van der Waals surface area contributed by atoms with Gasteiger partial charge in [0.05, 0.1) is 24.9 Å². The molecule has 0 aromatic carbocycles. The highest BCUT2D eigenvalue weighted by Gasteiger charge is 2.43. The summed E-state index contributed by atoms with van der Waals surface area (Å²) in [6.07, 6.45) is 2.85. The molecule has 0 radical (unpaired) electrons. The third-order valence-corrected chi connectivity index (χ3v) is 4.55. The van der Waals surface area contributed by atoms with E-state index in [2.05, 4.69) is 15.2 Å². The number of hydrogen-bond donors (Lipinski definition) is 2. The van der Waals surface area contributed by atoms with E-state index in [4.69, 9.17) is 9.47 Å². The van der Waals surface area contributed by atoms with E-state index < -0.39 is 5.60 Å². The molecule has 132 valence electrons. The van der Waals surface area contributed by atoms with E-state index in [-0.39, 0.29) is 18.6 Å². The van der Waals surface area contributed by atoms with Gasteiger partial charge in [0.1, 0.15) is 5.69 Å². The maximum Gasteiger partial charge on any atom is 0.270 e. The topological polar surface area (TPSA) is 83.9 Å². The SMILES string of the molecule is CCOC1CC(O)(CNC(=O)c2cc(N3CCOCC3)ccn2)C1. The van der Waals surface area contributed by atoms with Crippen LogP contribution >= 0.6 is 0 Å². The molecule has 0 unspecified atom stereocenters. The number of carbonyl (C=O) groups excluding carboxylic acids is 1. The summed E-state index contributed by atoms with van der Waals surface area (Å²) in [5, 5.41) is 13.1. The average Bonchev–Trinajstić information content (AvgIpc) is 2.59. The Hall–Kier alpha value is -1.70. The van der Waals surface area contributed by atoms with Gasteiger partial charge in [-0.15, -0.1) is 0 Å². The molecular weight excluding hydrogens is 310 g/mol. The predicted octanol–water partition coefficient (Wildman–Crippen LogP) is 0.578. The smallest absolute Gasteiger partial charge is 0.270 e. The van der Waals surface area contributed by atoms with Crippen LogP contribution < -0.4 is 10.2 Å². The van der Waals surface area contributed by atoms with Crippen LogP contribution in [0.2, 0.25) is 0 Å². The van der Waals surface area contributed by atoms with Gasteiger partial charge in [-0.2, -0.15) is 0 Å². The Morgan fingerprint density at radius 1 is 1.50 bits per heavy atom. The van der Waals surface area contributed by atoms with Gasteiger partial charge >= 0.3 is 0 Å². The Morgan fingerprint density at radius 3 is 2.96 bits per heavy atom. The average molecular weight is 335 g/mol. The van der Waals surface area contributed by atoms with Crippen molar-refractivity contribution in [3.8, 4) is 0 Å². The van der Waals surface area contributed by atoms with Gasteiger partial charge in [0.2, 0.25) is 0 Å². The highest BCUT2D eigenvalue weighted by Crippen LogP contribution is 2.33. The summed E-state index contributed by atoms with van der Waals surface area (Å²) < 4.78 is 10.8. The van der Waals surface area contributed by atoms with Crippen LogP contribution in [0.4, 0.5) is 5.69 Å². The number of nitrogens with zero attached hydrogens (tertiary/aromatic N) is 2. The second kappa shape index (κ2) is 7.46. The number of pyridine rings is 1. The number of carbonyl (C=O) groups is 1. The van der Waals surface area contributed by atoms with Gasteiger partial charge in [-0.25, -0.2) is 0 Å². The fourth-order valence-corrected chi connectivity index (χ4v) is 3.18. The number of amides is 1. The molecule has 2 heterocycles. The first-order valence-electron chi connectivity index (χ1n) is 8.50. The summed E-state index contributed by atoms with van der Waals surface area (Å²) in [4.78, 5) is 18.6. The third kappa shape index (κ3) is 4.03. The molecule has 1 saturated carbocycles. The molecule has 3 rings (SSSR count). The zero-order chi connectivity index (χ0) is 17.0. The Morgan fingerprint density at radius 2 is 2.25 bits per heavy atom. The molecule has 1 saturated heterocycles. The molecule has 1 amide bonds. The van der Waals surface area contributed by atoms with Crippen LogP contribution in [0, 0.1) is 0 Å². The molecule has 7 nitrogen and oxygen atoms in total. The summed E-state index contributed by atoms with van der Waals surface area (Å²) >= 11 is 0. The molecule has 2 fully saturated rings. The first-order valence-corrected chi connectivity index (χ1v) is 8.50. The van der Waals surface area contributed by atoms with E-state index in [1.807, 2.05) is 13.0 Å². The summed E-state index contributed by atoms with van der Waals surface area (Å²) in [6, 6.07) is 3.68. The van der Waals surface area contributed by atoms with Crippen molar-refractivity contribution in [3.05, 3.63) is 24.0 Å². The highest BCUT2D eigenvalue weighted by molar-refractivity contribution is 5.93. The minimum atomic E-state index is -0.864. The van der Waals surface area contributed by atoms with Gasteiger partial charge < -0.3 is 24.8 Å². The number of aromatic nitrogens is 1. The molecule has 0 spiro atoms. The number of nitrogens with one attached hydrogen (secondary N) is 1. The maximum atomic E-state index is 12.3. The third-order valence-electron chi connectivity index (χ3n) is 4.55. The lowest BCUT2D eigenvalue weighted by molar-refractivity contribution is -0.133. The summed E-state index contributed by atoms with van der Waals surface area (Å²) in [5.41, 5.74) is 0.470. The van der Waals surface area contributed by atoms with E-state index in [9.17, 15) is 9.90 Å². The number of rotatable bonds is 6. The lowest BCUT2D eigenvalue weighted by atomic mass is 9.77. The summed E-state index contributed by atoms with van der Waals surface area (Å²) in [6.45, 7) is 5.81. The second-order valence-electron chi connectivity index (χ2n) is 6.39. The summed E-state index contributed by atoms with van der Waals surface area (Å²) in [5.74, 6) is -0.265. The van der Waals surface area contributed by atoms with E-state index in [1.165, 1.54) is 0 Å². The van der Waals surface area contributed by atoms with Crippen molar-refractivity contribution in [1.29, 1.82) is 0 Å². The van der Waals surface area contributed by atoms with E-state index in [0.29, 0.717) is 38.4 Å². The van der Waals surface area contributed by atoms with Crippen molar-refractivity contribution >= 4 is 11.6 Å². The fraction of sp³-hybridized carbons (Fsp3) is 0.647. The zero-order valence-corrected chi connectivity index (χ0v) is 14.0. The van der Waals surface area contributed by atoms with Crippen molar-refractivity contribution in [2.45, 2.75) is 31.5 Å². The van der Waals surface area contributed by atoms with Crippen LogP contribution in [0.1, 0.15) is 30.3 Å². The van der Waals surface area contributed by atoms with Crippen LogP contribution in [0.25, 0.3) is 0 Å². The van der Waals surface area contributed by atoms with Crippen LogP contribution in [-0.4, -0.2) is 67.2 Å². The van der Waals surface area contributed by atoms with Crippen LogP contribution in [0.5, 0.6) is 0 Å². The number of aliphatic hydroxyl groups is 1. The first-order chi connectivity index (χ1) is 11.6. The number of ether oxygens (including phenoxy) is 2. The lowest BCUT2D eigenvalue weighted by Gasteiger charge is -2.43. The quantitative estimate of drug-likeness (QED) is 0.791. The maximum absolute atomic E-state index is 12.3. The molecule has 2 N–H and O–H groups in total.